The maximum absolute atomic E-state index is 14.9. The summed E-state index contributed by atoms with van der Waals surface area (Å²) < 4.78 is 56.6. The number of β-amino-alcohol motifs (C(OH)–C–C–N with tert-alkyl or cyclic N) is 1. The van der Waals surface area contributed by atoms with Gasteiger partial charge in [-0.05, 0) is 60.7 Å². The van der Waals surface area contributed by atoms with E-state index in [1.54, 1.807) is 10.7 Å². The van der Waals surface area contributed by atoms with E-state index in [0.29, 0.717) is 25.2 Å². The van der Waals surface area contributed by atoms with Gasteiger partial charge in [-0.1, -0.05) is 36.4 Å². The lowest BCUT2D eigenvalue weighted by atomic mass is 9.94. The van der Waals surface area contributed by atoms with Crippen molar-refractivity contribution >= 4 is 17.6 Å². The van der Waals surface area contributed by atoms with Crippen molar-refractivity contribution < 1.29 is 22.7 Å². The Kier molecular flexibility index (Phi) is 5.51. The van der Waals surface area contributed by atoms with Crippen LogP contribution >= 0.6 is 0 Å². The SMILES string of the molecule is Cc1cc(C(F)=Cc2ccc(C3(C(F)(F)F)CC3)cc2)nn1Cc1cccc(N2CC(O)C2)c1. The number of hydrogen-bond acceptors (Lipinski definition) is 3. The summed E-state index contributed by atoms with van der Waals surface area (Å²) in [4.78, 5) is 2.09. The van der Waals surface area contributed by atoms with Gasteiger partial charge in [-0.3, -0.25) is 4.68 Å². The van der Waals surface area contributed by atoms with Crippen LogP contribution in [0.15, 0.2) is 54.6 Å². The van der Waals surface area contributed by atoms with Crippen LogP contribution in [0.2, 0.25) is 0 Å². The average molecular weight is 471 g/mol. The van der Waals surface area contributed by atoms with Crippen molar-refractivity contribution in [2.75, 3.05) is 18.0 Å². The molecule has 2 fully saturated rings. The molecule has 0 unspecified atom stereocenters. The number of aliphatic hydroxyl groups excluding tert-OH is 1. The van der Waals surface area contributed by atoms with Crippen molar-refractivity contribution in [3.63, 3.8) is 0 Å². The molecule has 5 rings (SSSR count). The lowest BCUT2D eigenvalue weighted by molar-refractivity contribution is -0.160. The van der Waals surface area contributed by atoms with Gasteiger partial charge in [0.25, 0.3) is 0 Å². The first kappa shape index (κ1) is 22.7. The fourth-order valence-corrected chi connectivity index (χ4v) is 4.46. The molecular formula is C26H25F4N3O. The van der Waals surface area contributed by atoms with Crippen LogP contribution in [0.4, 0.5) is 23.2 Å². The van der Waals surface area contributed by atoms with Gasteiger partial charge in [0.1, 0.15) is 5.69 Å². The molecule has 0 atom stereocenters. The summed E-state index contributed by atoms with van der Waals surface area (Å²) in [5, 5.41) is 13.9. The first-order chi connectivity index (χ1) is 16.1. The molecule has 2 aromatic carbocycles. The molecule has 34 heavy (non-hydrogen) atoms. The third-order valence-electron chi connectivity index (χ3n) is 6.75. The molecule has 3 aromatic rings. The Morgan fingerprint density at radius 2 is 1.82 bits per heavy atom. The third-order valence-corrected chi connectivity index (χ3v) is 6.75. The summed E-state index contributed by atoms with van der Waals surface area (Å²) in [6.07, 6.45) is -3.07. The number of benzene rings is 2. The van der Waals surface area contributed by atoms with Gasteiger partial charge in [0, 0.05) is 24.5 Å². The minimum Gasteiger partial charge on any atom is -0.389 e. The van der Waals surface area contributed by atoms with Crippen molar-refractivity contribution in [2.24, 2.45) is 0 Å². The van der Waals surface area contributed by atoms with Gasteiger partial charge in [0.15, 0.2) is 5.83 Å². The van der Waals surface area contributed by atoms with E-state index in [-0.39, 0.29) is 30.2 Å². The van der Waals surface area contributed by atoms with Crippen LogP contribution in [-0.2, 0) is 12.0 Å². The predicted octanol–water partition coefficient (Wildman–Crippen LogP) is 5.48. The summed E-state index contributed by atoms with van der Waals surface area (Å²) in [6.45, 7) is 3.54. The quantitative estimate of drug-likeness (QED) is 0.484. The molecule has 0 amide bonds. The lowest BCUT2D eigenvalue weighted by Gasteiger charge is -2.38. The molecular weight excluding hydrogens is 446 g/mol. The standard InChI is InChI=1S/C26H25F4N3O/c1-17-11-24(31-33(17)14-19-3-2-4-21(12-19)32-15-22(34)16-32)23(27)13-18-5-7-20(8-6-18)25(9-10-25)26(28,29)30/h2-8,11-13,22,34H,9-10,14-16H2,1H3. The van der Waals surface area contributed by atoms with E-state index < -0.39 is 17.4 Å². The molecule has 1 saturated carbocycles. The zero-order valence-corrected chi connectivity index (χ0v) is 18.7. The Hall–Kier alpha value is -3.13. The third kappa shape index (κ3) is 4.22. The van der Waals surface area contributed by atoms with Crippen molar-refractivity contribution in [1.29, 1.82) is 0 Å². The Balaban J connectivity index is 1.30. The van der Waals surface area contributed by atoms with Crippen LogP contribution in [0.25, 0.3) is 11.9 Å². The smallest absolute Gasteiger partial charge is 0.389 e. The molecule has 178 valence electrons. The number of hydrogen-bond donors (Lipinski definition) is 1. The Morgan fingerprint density at radius 1 is 1.12 bits per heavy atom. The summed E-state index contributed by atoms with van der Waals surface area (Å²) in [6, 6.07) is 15.5. The number of anilines is 1. The van der Waals surface area contributed by atoms with E-state index in [2.05, 4.69) is 10.00 Å². The van der Waals surface area contributed by atoms with Gasteiger partial charge in [-0.25, -0.2) is 4.39 Å². The molecule has 4 nitrogen and oxygen atoms in total. The van der Waals surface area contributed by atoms with Crippen LogP contribution in [0.1, 0.15) is 40.9 Å². The van der Waals surface area contributed by atoms with E-state index in [1.165, 1.54) is 30.3 Å². The van der Waals surface area contributed by atoms with E-state index in [9.17, 15) is 22.7 Å². The summed E-state index contributed by atoms with van der Waals surface area (Å²) >= 11 is 0. The topological polar surface area (TPSA) is 41.3 Å². The molecule has 0 spiro atoms. The lowest BCUT2D eigenvalue weighted by Crippen LogP contribution is -2.50. The summed E-state index contributed by atoms with van der Waals surface area (Å²) in [5.74, 6) is -0.546. The van der Waals surface area contributed by atoms with Gasteiger partial charge < -0.3 is 10.0 Å². The normalized spacial score (nSPS) is 18.2. The highest BCUT2D eigenvalue weighted by Crippen LogP contribution is 2.58. The highest BCUT2D eigenvalue weighted by molar-refractivity contribution is 5.75. The number of alkyl halides is 3. The maximum atomic E-state index is 14.9. The van der Waals surface area contributed by atoms with Gasteiger partial charge in [-0.2, -0.15) is 18.3 Å². The number of aliphatic hydroxyl groups is 1. The fraction of sp³-hybridized carbons (Fsp3) is 0.346. The Bertz CT molecular complexity index is 1220. The second-order valence-electron chi connectivity index (χ2n) is 9.25. The van der Waals surface area contributed by atoms with Gasteiger partial charge in [0.05, 0.1) is 18.1 Å². The summed E-state index contributed by atoms with van der Waals surface area (Å²) in [7, 11) is 0. The van der Waals surface area contributed by atoms with Crippen LogP contribution in [0, 0.1) is 6.92 Å². The van der Waals surface area contributed by atoms with Gasteiger partial charge >= 0.3 is 6.18 Å². The highest BCUT2D eigenvalue weighted by Gasteiger charge is 2.64. The van der Waals surface area contributed by atoms with Crippen LogP contribution in [0.5, 0.6) is 0 Å². The molecule has 8 heteroatoms. The van der Waals surface area contributed by atoms with Crippen molar-refractivity contribution in [1.82, 2.24) is 9.78 Å². The second-order valence-corrected chi connectivity index (χ2v) is 9.25. The Labute approximate surface area is 195 Å². The Morgan fingerprint density at radius 3 is 2.44 bits per heavy atom. The second kappa shape index (κ2) is 8.27. The molecule has 1 aromatic heterocycles. The van der Waals surface area contributed by atoms with E-state index in [0.717, 1.165) is 16.9 Å². The predicted molar refractivity (Wildman–Crippen MR) is 123 cm³/mol. The van der Waals surface area contributed by atoms with Crippen molar-refractivity contribution in [3.8, 4) is 0 Å². The van der Waals surface area contributed by atoms with Gasteiger partial charge in [0.2, 0.25) is 0 Å². The number of halogens is 4. The maximum Gasteiger partial charge on any atom is 0.398 e. The first-order valence-corrected chi connectivity index (χ1v) is 11.3. The zero-order valence-electron chi connectivity index (χ0n) is 18.7. The molecule has 0 bridgehead atoms. The number of aryl methyl sites for hydroxylation is 1. The van der Waals surface area contributed by atoms with Crippen molar-refractivity contribution in [3.05, 3.63) is 82.7 Å². The minimum absolute atomic E-state index is 0.0969. The molecule has 1 aliphatic heterocycles. The molecule has 1 saturated heterocycles. The van der Waals surface area contributed by atoms with Gasteiger partial charge in [-0.15, -0.1) is 0 Å². The molecule has 2 heterocycles. The summed E-state index contributed by atoms with van der Waals surface area (Å²) in [5.41, 5.74) is 1.98. The highest BCUT2D eigenvalue weighted by atomic mass is 19.4. The fourth-order valence-electron chi connectivity index (χ4n) is 4.46. The minimum atomic E-state index is -4.27. The first-order valence-electron chi connectivity index (χ1n) is 11.3. The average Bonchev–Trinajstić information content (AvgIpc) is 3.52. The van der Waals surface area contributed by atoms with E-state index in [4.69, 9.17) is 0 Å². The van der Waals surface area contributed by atoms with Crippen LogP contribution in [-0.4, -0.2) is 40.3 Å². The van der Waals surface area contributed by atoms with E-state index in [1.807, 2.05) is 31.2 Å². The number of aromatic nitrogens is 2. The van der Waals surface area contributed by atoms with Crippen molar-refractivity contribution in [2.45, 2.75) is 44.0 Å². The monoisotopic (exact) mass is 471 g/mol. The number of nitrogens with zero attached hydrogens (tertiary/aromatic N) is 3. The number of rotatable bonds is 6. The molecule has 0 radical (unpaired) electrons. The molecule has 1 aliphatic carbocycles. The molecule has 2 aliphatic rings. The molecule has 1 N–H and O–H groups in total. The van der Waals surface area contributed by atoms with E-state index >= 15 is 0 Å². The zero-order chi connectivity index (χ0) is 24.1. The largest absolute Gasteiger partial charge is 0.398 e. The van der Waals surface area contributed by atoms with Crippen LogP contribution < -0.4 is 4.90 Å². The van der Waals surface area contributed by atoms with Crippen LogP contribution in [0.3, 0.4) is 0 Å².